The second-order valence-corrected chi connectivity index (χ2v) is 4.23. The highest BCUT2D eigenvalue weighted by Crippen LogP contribution is 2.30. The molecule has 0 unspecified atom stereocenters. The number of hydrogen-bond acceptors (Lipinski definition) is 4. The van der Waals surface area contributed by atoms with Gasteiger partial charge in [0.2, 0.25) is 0 Å². The first kappa shape index (κ1) is 12.3. The van der Waals surface area contributed by atoms with Crippen molar-refractivity contribution in [2.75, 3.05) is 13.7 Å². The number of rotatable bonds is 4. The highest BCUT2D eigenvalue weighted by atomic mass is 16.5. The largest absolute Gasteiger partial charge is 0.493 e. The summed E-state index contributed by atoms with van der Waals surface area (Å²) in [7, 11) is 1.54. The normalized spacial score (nSPS) is 10.7. The molecule has 1 aromatic rings. The highest BCUT2D eigenvalue weighted by Gasteiger charge is 2.16. The number of methoxy groups -OCH3 is 1. The quantitative estimate of drug-likeness (QED) is 0.838. The van der Waals surface area contributed by atoms with Gasteiger partial charge in [0, 0.05) is 5.54 Å². The van der Waals surface area contributed by atoms with Gasteiger partial charge in [0.15, 0.2) is 11.5 Å². The molecule has 1 rings (SSSR count). The van der Waals surface area contributed by atoms with Crippen LogP contribution in [0.3, 0.4) is 0 Å². The Kier molecular flexibility index (Phi) is 3.75. The Balaban J connectivity index is 2.97. The van der Waals surface area contributed by atoms with Gasteiger partial charge in [0.1, 0.15) is 12.7 Å². The van der Waals surface area contributed by atoms with Crippen LogP contribution in [0.15, 0.2) is 18.2 Å². The van der Waals surface area contributed by atoms with Crippen LogP contribution in [0.1, 0.15) is 19.4 Å². The van der Waals surface area contributed by atoms with Crippen molar-refractivity contribution in [2.45, 2.75) is 19.4 Å². The van der Waals surface area contributed by atoms with E-state index >= 15 is 0 Å². The fourth-order valence-corrected chi connectivity index (χ4v) is 1.17. The smallest absolute Gasteiger partial charge is 0.178 e. The first-order valence-corrected chi connectivity index (χ1v) is 4.97. The molecule has 4 heteroatoms. The zero-order valence-corrected chi connectivity index (χ0v) is 9.78. The standard InChI is InChI=1S/C12H16N2O2/c1-12(2,14)8-16-11-9(7-13)5-4-6-10(11)15-3/h4-6H,8,14H2,1-3H3. The van der Waals surface area contributed by atoms with Gasteiger partial charge in [-0.1, -0.05) is 6.07 Å². The number of nitriles is 1. The summed E-state index contributed by atoms with van der Waals surface area (Å²) in [6.07, 6.45) is 0. The lowest BCUT2D eigenvalue weighted by Gasteiger charge is -2.20. The number of hydrogen-bond donors (Lipinski definition) is 1. The van der Waals surface area contributed by atoms with Gasteiger partial charge in [-0.3, -0.25) is 0 Å². The van der Waals surface area contributed by atoms with Crippen LogP contribution in [-0.4, -0.2) is 19.3 Å². The monoisotopic (exact) mass is 220 g/mol. The molecule has 0 aliphatic rings. The van der Waals surface area contributed by atoms with Crippen molar-refractivity contribution < 1.29 is 9.47 Å². The van der Waals surface area contributed by atoms with E-state index in [1.165, 1.54) is 7.11 Å². The molecule has 0 radical (unpaired) electrons. The first-order chi connectivity index (χ1) is 7.48. The van der Waals surface area contributed by atoms with E-state index in [0.29, 0.717) is 23.7 Å². The number of para-hydroxylation sites is 1. The molecular formula is C12H16N2O2. The van der Waals surface area contributed by atoms with Gasteiger partial charge < -0.3 is 15.2 Å². The number of benzene rings is 1. The van der Waals surface area contributed by atoms with E-state index in [1.54, 1.807) is 18.2 Å². The summed E-state index contributed by atoms with van der Waals surface area (Å²) >= 11 is 0. The van der Waals surface area contributed by atoms with Gasteiger partial charge in [-0.2, -0.15) is 5.26 Å². The molecule has 4 nitrogen and oxygen atoms in total. The molecule has 1 aromatic carbocycles. The van der Waals surface area contributed by atoms with Crippen molar-refractivity contribution in [1.82, 2.24) is 0 Å². The Morgan fingerprint density at radius 3 is 2.62 bits per heavy atom. The third-order valence-electron chi connectivity index (χ3n) is 1.91. The van der Waals surface area contributed by atoms with Gasteiger partial charge in [0.05, 0.1) is 12.7 Å². The zero-order valence-electron chi connectivity index (χ0n) is 9.78. The summed E-state index contributed by atoms with van der Waals surface area (Å²) in [5.74, 6) is 0.995. The van der Waals surface area contributed by atoms with Crippen LogP contribution in [0.2, 0.25) is 0 Å². The molecule has 16 heavy (non-hydrogen) atoms. The number of ether oxygens (including phenoxy) is 2. The highest BCUT2D eigenvalue weighted by molar-refractivity contribution is 5.52. The summed E-state index contributed by atoms with van der Waals surface area (Å²) in [6.45, 7) is 4.03. The maximum atomic E-state index is 8.95. The van der Waals surface area contributed by atoms with Crippen LogP contribution in [-0.2, 0) is 0 Å². The molecule has 0 aliphatic heterocycles. The van der Waals surface area contributed by atoms with E-state index in [0.717, 1.165) is 0 Å². The minimum atomic E-state index is -0.451. The number of nitrogens with two attached hydrogens (primary N) is 1. The van der Waals surface area contributed by atoms with E-state index < -0.39 is 5.54 Å². The molecule has 0 bridgehead atoms. The lowest BCUT2D eigenvalue weighted by Crippen LogP contribution is -2.38. The Bertz CT molecular complexity index is 402. The van der Waals surface area contributed by atoms with Gasteiger partial charge in [-0.15, -0.1) is 0 Å². The Morgan fingerprint density at radius 2 is 2.12 bits per heavy atom. The first-order valence-electron chi connectivity index (χ1n) is 4.97. The molecule has 0 heterocycles. The molecular weight excluding hydrogens is 204 g/mol. The molecule has 0 spiro atoms. The Labute approximate surface area is 95.6 Å². The van der Waals surface area contributed by atoms with Gasteiger partial charge in [-0.05, 0) is 26.0 Å². The molecule has 2 N–H and O–H groups in total. The van der Waals surface area contributed by atoms with Gasteiger partial charge in [0.25, 0.3) is 0 Å². The average Bonchev–Trinajstić information content (AvgIpc) is 2.24. The fraction of sp³-hybridized carbons (Fsp3) is 0.417. The Morgan fingerprint density at radius 1 is 1.44 bits per heavy atom. The predicted molar refractivity (Wildman–Crippen MR) is 61.5 cm³/mol. The van der Waals surface area contributed by atoms with Crippen LogP contribution in [0.4, 0.5) is 0 Å². The van der Waals surface area contributed by atoms with Crippen LogP contribution >= 0.6 is 0 Å². The van der Waals surface area contributed by atoms with E-state index in [1.807, 2.05) is 13.8 Å². The van der Waals surface area contributed by atoms with Crippen molar-refractivity contribution in [1.29, 1.82) is 5.26 Å². The van der Waals surface area contributed by atoms with Crippen molar-refractivity contribution in [3.05, 3.63) is 23.8 Å². The van der Waals surface area contributed by atoms with Gasteiger partial charge in [-0.25, -0.2) is 0 Å². The van der Waals surface area contributed by atoms with Crippen molar-refractivity contribution in [3.63, 3.8) is 0 Å². The maximum Gasteiger partial charge on any atom is 0.178 e. The topological polar surface area (TPSA) is 68.3 Å². The van der Waals surface area contributed by atoms with Gasteiger partial charge >= 0.3 is 0 Å². The lowest BCUT2D eigenvalue weighted by atomic mass is 10.1. The molecule has 0 saturated carbocycles. The summed E-state index contributed by atoms with van der Waals surface area (Å²) in [6, 6.07) is 7.24. The number of nitrogens with zero attached hydrogens (tertiary/aromatic N) is 1. The van der Waals surface area contributed by atoms with Crippen molar-refractivity contribution in [3.8, 4) is 17.6 Å². The SMILES string of the molecule is COc1cccc(C#N)c1OCC(C)(C)N. The molecule has 0 amide bonds. The van der Waals surface area contributed by atoms with E-state index in [9.17, 15) is 0 Å². The molecule has 0 saturated heterocycles. The minimum Gasteiger partial charge on any atom is -0.493 e. The summed E-state index contributed by atoms with van der Waals surface area (Å²) in [5.41, 5.74) is 5.81. The average molecular weight is 220 g/mol. The lowest BCUT2D eigenvalue weighted by molar-refractivity contribution is 0.232. The maximum absolute atomic E-state index is 8.95. The second-order valence-electron chi connectivity index (χ2n) is 4.23. The molecule has 0 aliphatic carbocycles. The minimum absolute atomic E-state index is 0.321. The molecule has 86 valence electrons. The van der Waals surface area contributed by atoms with Crippen molar-refractivity contribution >= 4 is 0 Å². The zero-order chi connectivity index (χ0) is 12.2. The van der Waals surface area contributed by atoms with Crippen LogP contribution in [0, 0.1) is 11.3 Å². The third-order valence-corrected chi connectivity index (χ3v) is 1.91. The summed E-state index contributed by atoms with van der Waals surface area (Å²) < 4.78 is 10.7. The second kappa shape index (κ2) is 4.86. The summed E-state index contributed by atoms with van der Waals surface area (Å²) in [5, 5.41) is 8.95. The molecule has 0 atom stereocenters. The van der Waals surface area contributed by atoms with E-state index in [2.05, 4.69) is 6.07 Å². The third kappa shape index (κ3) is 3.14. The van der Waals surface area contributed by atoms with Crippen LogP contribution in [0.25, 0.3) is 0 Å². The predicted octanol–water partition coefficient (Wildman–Crippen LogP) is 1.68. The fourth-order valence-electron chi connectivity index (χ4n) is 1.17. The van der Waals surface area contributed by atoms with E-state index in [-0.39, 0.29) is 0 Å². The Hall–Kier alpha value is -1.73. The van der Waals surface area contributed by atoms with Crippen LogP contribution in [0.5, 0.6) is 11.5 Å². The molecule has 0 aromatic heterocycles. The van der Waals surface area contributed by atoms with Crippen molar-refractivity contribution in [2.24, 2.45) is 5.73 Å². The van der Waals surface area contributed by atoms with Crippen LogP contribution < -0.4 is 15.2 Å². The molecule has 0 fully saturated rings. The summed E-state index contributed by atoms with van der Waals surface area (Å²) in [4.78, 5) is 0. The van der Waals surface area contributed by atoms with E-state index in [4.69, 9.17) is 20.5 Å².